The zero-order chi connectivity index (χ0) is 30.6. The van der Waals surface area contributed by atoms with Crippen molar-refractivity contribution in [1.82, 2.24) is 15.1 Å². The maximum absolute atomic E-state index is 14.0. The van der Waals surface area contributed by atoms with Crippen LogP contribution in [0, 0.1) is 0 Å². The number of esters is 1. The summed E-state index contributed by atoms with van der Waals surface area (Å²) in [5, 5.41) is 2.40. The van der Waals surface area contributed by atoms with Gasteiger partial charge in [0.25, 0.3) is 5.91 Å². The molecule has 1 aromatic rings. The Hall–Kier alpha value is -3.02. The minimum absolute atomic E-state index is 0.133. The number of likely N-dealkylation sites (tertiary alicyclic amines) is 1. The Morgan fingerprint density at radius 3 is 2.00 bits per heavy atom. The number of nitrogens with zero attached hydrogens (tertiary/aromatic N) is 3. The summed E-state index contributed by atoms with van der Waals surface area (Å²) >= 11 is 0. The van der Waals surface area contributed by atoms with Crippen molar-refractivity contribution in [3.8, 4) is 0 Å². The number of anilines is 1. The summed E-state index contributed by atoms with van der Waals surface area (Å²) in [6.45, 7) is 14.2. The molecule has 0 aliphatic carbocycles. The molecule has 2 heterocycles. The van der Waals surface area contributed by atoms with Gasteiger partial charge in [-0.2, -0.15) is 13.2 Å². The van der Waals surface area contributed by atoms with Crippen molar-refractivity contribution in [1.29, 1.82) is 0 Å². The number of carbonyl (C=O) groups is 3. The van der Waals surface area contributed by atoms with Crippen molar-refractivity contribution in [3.63, 3.8) is 0 Å². The number of rotatable bonds is 6. The molecule has 2 aliphatic heterocycles. The fourth-order valence-corrected chi connectivity index (χ4v) is 5.01. The zero-order valence-corrected chi connectivity index (χ0v) is 24.9. The van der Waals surface area contributed by atoms with E-state index in [1.165, 1.54) is 12.1 Å². The molecule has 2 aliphatic rings. The van der Waals surface area contributed by atoms with Gasteiger partial charge in [0.05, 0.1) is 17.5 Å². The van der Waals surface area contributed by atoms with Crippen LogP contribution in [0.25, 0.3) is 0 Å². The molecule has 9 nitrogen and oxygen atoms in total. The molecule has 2 saturated heterocycles. The molecule has 2 fully saturated rings. The summed E-state index contributed by atoms with van der Waals surface area (Å²) in [4.78, 5) is 42.8. The van der Waals surface area contributed by atoms with Gasteiger partial charge in [0.1, 0.15) is 11.2 Å². The van der Waals surface area contributed by atoms with Crippen LogP contribution in [-0.4, -0.2) is 90.8 Å². The summed E-state index contributed by atoms with van der Waals surface area (Å²) in [5.41, 5.74) is -2.32. The lowest BCUT2D eigenvalue weighted by atomic mass is 10.0. The molecular formula is C29H43F3N4O5. The first-order valence-electron chi connectivity index (χ1n) is 14.1. The van der Waals surface area contributed by atoms with Gasteiger partial charge in [0, 0.05) is 57.5 Å². The van der Waals surface area contributed by atoms with Crippen molar-refractivity contribution in [2.24, 2.45) is 0 Å². The number of alkyl halides is 3. The number of halogens is 3. The van der Waals surface area contributed by atoms with E-state index in [0.29, 0.717) is 51.0 Å². The molecule has 0 bridgehead atoms. The average Bonchev–Trinajstić information content (AvgIpc) is 2.86. The van der Waals surface area contributed by atoms with Crippen molar-refractivity contribution in [2.45, 2.75) is 84.2 Å². The molecule has 0 spiro atoms. The number of ether oxygens (including phenoxy) is 2. The maximum Gasteiger partial charge on any atom is 0.417 e. The number of amides is 2. The number of hydrogen-bond donors (Lipinski definition) is 1. The maximum atomic E-state index is 14.0. The Labute approximate surface area is 240 Å². The molecule has 3 rings (SSSR count). The Morgan fingerprint density at radius 1 is 0.878 bits per heavy atom. The highest BCUT2D eigenvalue weighted by Crippen LogP contribution is 2.35. The third-order valence-electron chi connectivity index (χ3n) is 6.90. The summed E-state index contributed by atoms with van der Waals surface area (Å²) in [6, 6.07) is 4.05. The number of hydrogen-bond acceptors (Lipinski definition) is 7. The van der Waals surface area contributed by atoms with E-state index < -0.39 is 40.4 Å². The Morgan fingerprint density at radius 2 is 1.46 bits per heavy atom. The Balaban J connectivity index is 1.56. The highest BCUT2D eigenvalue weighted by atomic mass is 19.4. The first-order chi connectivity index (χ1) is 18.9. The predicted octanol–water partition coefficient (Wildman–Crippen LogP) is 4.69. The minimum atomic E-state index is -4.72. The van der Waals surface area contributed by atoms with Gasteiger partial charge in [-0.15, -0.1) is 0 Å². The minimum Gasteiger partial charge on any atom is -0.460 e. The van der Waals surface area contributed by atoms with Crippen LogP contribution >= 0.6 is 0 Å². The quantitative estimate of drug-likeness (QED) is 0.486. The third kappa shape index (κ3) is 9.79. The summed E-state index contributed by atoms with van der Waals surface area (Å²) in [7, 11) is 0. The van der Waals surface area contributed by atoms with Crippen molar-refractivity contribution in [2.75, 3.05) is 50.7 Å². The molecule has 0 saturated carbocycles. The summed E-state index contributed by atoms with van der Waals surface area (Å²) in [6.07, 6.45) is -3.55. The smallest absolute Gasteiger partial charge is 0.417 e. The standard InChI is InChI=1S/C29H43F3N4O5/c1-27(2,3)40-24(37)9-12-33-25(38)22-8-7-21(19-23(22)29(30,31)32)35-17-15-34(16-18-35)20-10-13-36(14-11-20)26(39)41-28(4,5)6/h7-8,19-20H,9-18H2,1-6H3,(H,33,38). The molecule has 0 aromatic heterocycles. The van der Waals surface area contributed by atoms with Gasteiger partial charge in [-0.25, -0.2) is 4.79 Å². The second kappa shape index (κ2) is 12.9. The van der Waals surface area contributed by atoms with Gasteiger partial charge in [0.2, 0.25) is 0 Å². The normalized spacial score (nSPS) is 17.8. The molecule has 1 N–H and O–H groups in total. The number of benzene rings is 1. The SMILES string of the molecule is CC(C)(C)OC(=O)CCNC(=O)c1ccc(N2CCN(C3CCN(C(=O)OC(C)(C)C)CC3)CC2)cc1C(F)(F)F. The van der Waals surface area contributed by atoms with Crippen LogP contribution in [-0.2, 0) is 20.4 Å². The van der Waals surface area contributed by atoms with E-state index in [2.05, 4.69) is 10.2 Å². The molecule has 12 heteroatoms. The van der Waals surface area contributed by atoms with Gasteiger partial charge in [-0.05, 0) is 72.6 Å². The Kier molecular flexibility index (Phi) is 10.2. The lowest BCUT2D eigenvalue weighted by Crippen LogP contribution is -2.54. The van der Waals surface area contributed by atoms with Crippen molar-refractivity contribution >= 4 is 23.7 Å². The fraction of sp³-hybridized carbons (Fsp3) is 0.690. The highest BCUT2D eigenvalue weighted by molar-refractivity contribution is 5.96. The average molecular weight is 585 g/mol. The van der Waals surface area contributed by atoms with Crippen LogP contribution in [0.1, 0.15) is 76.7 Å². The first kappa shape index (κ1) is 32.5. The van der Waals surface area contributed by atoms with Gasteiger partial charge in [-0.1, -0.05) is 0 Å². The molecular weight excluding hydrogens is 541 g/mol. The molecule has 2 amide bonds. The fourth-order valence-electron chi connectivity index (χ4n) is 5.01. The molecule has 0 atom stereocenters. The summed E-state index contributed by atoms with van der Waals surface area (Å²) < 4.78 is 52.5. The van der Waals surface area contributed by atoms with E-state index in [9.17, 15) is 27.6 Å². The van der Waals surface area contributed by atoms with Gasteiger partial charge < -0.3 is 24.6 Å². The van der Waals surface area contributed by atoms with Crippen LogP contribution in [0.2, 0.25) is 0 Å². The molecule has 41 heavy (non-hydrogen) atoms. The number of piperidine rings is 1. The van der Waals surface area contributed by atoms with E-state index in [1.54, 1.807) is 25.7 Å². The molecule has 230 valence electrons. The molecule has 0 unspecified atom stereocenters. The van der Waals surface area contributed by atoms with E-state index in [1.807, 2.05) is 25.7 Å². The lowest BCUT2D eigenvalue weighted by molar-refractivity contribution is -0.154. The topological polar surface area (TPSA) is 91.4 Å². The highest BCUT2D eigenvalue weighted by Gasteiger charge is 2.37. The predicted molar refractivity (Wildman–Crippen MR) is 149 cm³/mol. The van der Waals surface area contributed by atoms with Crippen LogP contribution in [0.15, 0.2) is 18.2 Å². The second-order valence-electron chi connectivity index (χ2n) is 12.5. The van der Waals surface area contributed by atoms with E-state index in [0.717, 1.165) is 18.9 Å². The third-order valence-corrected chi connectivity index (χ3v) is 6.90. The molecule has 0 radical (unpaired) electrons. The largest absolute Gasteiger partial charge is 0.460 e. The van der Waals surface area contributed by atoms with Crippen LogP contribution in [0.4, 0.5) is 23.7 Å². The number of piperazine rings is 1. The van der Waals surface area contributed by atoms with Gasteiger partial charge >= 0.3 is 18.2 Å². The van der Waals surface area contributed by atoms with Crippen LogP contribution in [0.3, 0.4) is 0 Å². The van der Waals surface area contributed by atoms with Gasteiger partial charge in [0.15, 0.2) is 0 Å². The van der Waals surface area contributed by atoms with Crippen molar-refractivity contribution < 1.29 is 37.0 Å². The first-order valence-corrected chi connectivity index (χ1v) is 14.1. The second-order valence-corrected chi connectivity index (χ2v) is 12.5. The van der Waals surface area contributed by atoms with E-state index in [-0.39, 0.29) is 19.1 Å². The lowest BCUT2D eigenvalue weighted by Gasteiger charge is -2.43. The Bertz CT molecular complexity index is 1080. The number of carbonyl (C=O) groups excluding carboxylic acids is 3. The van der Waals surface area contributed by atoms with E-state index in [4.69, 9.17) is 9.47 Å². The van der Waals surface area contributed by atoms with Crippen molar-refractivity contribution in [3.05, 3.63) is 29.3 Å². The number of nitrogens with one attached hydrogen (secondary N) is 1. The zero-order valence-electron chi connectivity index (χ0n) is 24.9. The monoisotopic (exact) mass is 584 g/mol. The molecule has 1 aromatic carbocycles. The van der Waals surface area contributed by atoms with Gasteiger partial charge in [-0.3, -0.25) is 14.5 Å². The van der Waals surface area contributed by atoms with Crippen LogP contribution < -0.4 is 10.2 Å². The summed E-state index contributed by atoms with van der Waals surface area (Å²) in [5.74, 6) is -1.44. The van der Waals surface area contributed by atoms with E-state index >= 15 is 0 Å². The van der Waals surface area contributed by atoms with Crippen LogP contribution in [0.5, 0.6) is 0 Å².